The third-order valence-corrected chi connectivity index (χ3v) is 4.52. The van der Waals surface area contributed by atoms with E-state index in [-0.39, 0.29) is 6.10 Å². The van der Waals surface area contributed by atoms with Crippen LogP contribution in [-0.2, 0) is 0 Å². The maximum Gasteiger partial charge on any atom is 0.169 e. The molecule has 0 saturated heterocycles. The highest BCUT2D eigenvalue weighted by Gasteiger charge is 2.23. The van der Waals surface area contributed by atoms with Crippen LogP contribution in [0.4, 0.5) is 15.9 Å². The standard InChI is InChI=1S/C18H13BrFN3O2/c1-9-10(2)25-16-7-14-11(6-15(16)24-9)18(22-8-21-14)23-13-5-3-4-12(19)17(13)20/h3-8,10H,1H2,2H3,(H,21,22,23)/t10-/m0/s1. The van der Waals surface area contributed by atoms with E-state index in [4.69, 9.17) is 9.47 Å². The molecule has 5 nitrogen and oxygen atoms in total. The second kappa shape index (κ2) is 6.00. The summed E-state index contributed by atoms with van der Waals surface area (Å²) in [5, 5.41) is 3.69. The van der Waals surface area contributed by atoms with Crippen LogP contribution < -0.4 is 14.8 Å². The van der Waals surface area contributed by atoms with Gasteiger partial charge in [-0.25, -0.2) is 14.4 Å². The van der Waals surface area contributed by atoms with Crippen LogP contribution in [0.25, 0.3) is 10.9 Å². The van der Waals surface area contributed by atoms with Crippen LogP contribution in [0, 0.1) is 5.82 Å². The van der Waals surface area contributed by atoms with Crippen molar-refractivity contribution in [2.75, 3.05) is 5.32 Å². The number of hydrogen-bond acceptors (Lipinski definition) is 5. The largest absolute Gasteiger partial charge is 0.479 e. The zero-order chi connectivity index (χ0) is 17.6. The molecule has 126 valence electrons. The summed E-state index contributed by atoms with van der Waals surface area (Å²) in [7, 11) is 0. The Morgan fingerprint density at radius 1 is 1.24 bits per heavy atom. The van der Waals surface area contributed by atoms with E-state index in [0.29, 0.717) is 44.1 Å². The Morgan fingerprint density at radius 2 is 2.08 bits per heavy atom. The summed E-state index contributed by atoms with van der Waals surface area (Å²) in [4.78, 5) is 8.50. The summed E-state index contributed by atoms with van der Waals surface area (Å²) in [5.74, 6) is 1.72. The number of nitrogens with one attached hydrogen (secondary N) is 1. The molecule has 1 N–H and O–H groups in total. The molecule has 1 aliphatic heterocycles. The molecule has 0 fully saturated rings. The molecule has 4 rings (SSSR count). The summed E-state index contributed by atoms with van der Waals surface area (Å²) in [6, 6.07) is 8.54. The monoisotopic (exact) mass is 401 g/mol. The number of fused-ring (bicyclic) bond motifs is 2. The van der Waals surface area contributed by atoms with Gasteiger partial charge in [0.25, 0.3) is 0 Å². The number of nitrogens with zero attached hydrogens (tertiary/aromatic N) is 2. The summed E-state index contributed by atoms with van der Waals surface area (Å²) in [5.41, 5.74) is 0.970. The fraction of sp³-hybridized carbons (Fsp3) is 0.111. The lowest BCUT2D eigenvalue weighted by atomic mass is 10.1. The van der Waals surface area contributed by atoms with Gasteiger partial charge in [-0.3, -0.25) is 0 Å². The molecule has 0 amide bonds. The van der Waals surface area contributed by atoms with E-state index in [0.717, 1.165) is 0 Å². The van der Waals surface area contributed by atoms with Gasteiger partial charge in [0.15, 0.2) is 23.4 Å². The van der Waals surface area contributed by atoms with Crippen LogP contribution in [-0.4, -0.2) is 16.1 Å². The molecule has 1 atom stereocenters. The van der Waals surface area contributed by atoms with Crippen molar-refractivity contribution in [1.82, 2.24) is 9.97 Å². The van der Waals surface area contributed by atoms with E-state index in [2.05, 4.69) is 37.8 Å². The molecule has 2 aromatic carbocycles. The minimum absolute atomic E-state index is 0.236. The van der Waals surface area contributed by atoms with E-state index in [1.54, 1.807) is 30.3 Å². The van der Waals surface area contributed by atoms with Gasteiger partial charge in [0.2, 0.25) is 0 Å². The number of hydrogen-bond donors (Lipinski definition) is 1. The first kappa shape index (κ1) is 15.8. The van der Waals surface area contributed by atoms with E-state index in [1.807, 2.05) is 6.92 Å². The second-order valence-corrected chi connectivity index (χ2v) is 6.45. The maximum absolute atomic E-state index is 14.2. The summed E-state index contributed by atoms with van der Waals surface area (Å²) >= 11 is 3.18. The molecule has 25 heavy (non-hydrogen) atoms. The van der Waals surface area contributed by atoms with Gasteiger partial charge in [-0.05, 0) is 41.1 Å². The van der Waals surface area contributed by atoms with Crippen molar-refractivity contribution in [2.24, 2.45) is 0 Å². The second-order valence-electron chi connectivity index (χ2n) is 5.59. The molecule has 7 heteroatoms. The van der Waals surface area contributed by atoms with Crippen LogP contribution in [0.5, 0.6) is 11.5 Å². The molecule has 1 aliphatic rings. The van der Waals surface area contributed by atoms with Crippen LogP contribution in [0.1, 0.15) is 6.92 Å². The molecular formula is C18H13BrFN3O2. The Bertz CT molecular complexity index is 1010. The highest BCUT2D eigenvalue weighted by Crippen LogP contribution is 2.39. The Morgan fingerprint density at radius 3 is 2.92 bits per heavy atom. The van der Waals surface area contributed by atoms with Crippen molar-refractivity contribution in [3.8, 4) is 11.5 Å². The lowest BCUT2D eigenvalue weighted by Crippen LogP contribution is -2.23. The van der Waals surface area contributed by atoms with Gasteiger partial charge in [-0.1, -0.05) is 12.6 Å². The van der Waals surface area contributed by atoms with Crippen LogP contribution >= 0.6 is 15.9 Å². The van der Waals surface area contributed by atoms with Gasteiger partial charge < -0.3 is 14.8 Å². The SMILES string of the molecule is C=C1Oc2cc3c(Nc4cccc(Br)c4F)ncnc3cc2O[C@H]1C. The summed E-state index contributed by atoms with van der Waals surface area (Å²) < 4.78 is 26.1. The number of aromatic nitrogens is 2. The maximum atomic E-state index is 14.2. The van der Waals surface area contributed by atoms with Gasteiger partial charge in [-0.15, -0.1) is 0 Å². The fourth-order valence-corrected chi connectivity index (χ4v) is 2.91. The third-order valence-electron chi connectivity index (χ3n) is 3.90. The van der Waals surface area contributed by atoms with Crippen LogP contribution in [0.3, 0.4) is 0 Å². The lowest BCUT2D eigenvalue weighted by molar-refractivity contribution is 0.163. The number of halogens is 2. The molecule has 0 spiro atoms. The molecule has 0 bridgehead atoms. The lowest BCUT2D eigenvalue weighted by Gasteiger charge is -2.25. The average molecular weight is 402 g/mol. The zero-order valence-electron chi connectivity index (χ0n) is 13.2. The Labute approximate surface area is 151 Å². The number of benzene rings is 2. The first-order chi connectivity index (χ1) is 12.0. The molecule has 0 radical (unpaired) electrons. The quantitative estimate of drug-likeness (QED) is 0.658. The van der Waals surface area contributed by atoms with Crippen molar-refractivity contribution >= 4 is 38.3 Å². The van der Waals surface area contributed by atoms with Gasteiger partial charge in [0.05, 0.1) is 15.7 Å². The van der Waals surface area contributed by atoms with Crippen molar-refractivity contribution in [3.05, 3.63) is 59.3 Å². The van der Waals surface area contributed by atoms with Gasteiger partial charge in [-0.2, -0.15) is 0 Å². The molecule has 0 saturated carbocycles. The molecule has 0 unspecified atom stereocenters. The molecule has 3 aromatic rings. The van der Waals surface area contributed by atoms with Crippen LogP contribution in [0.2, 0.25) is 0 Å². The number of anilines is 2. The first-order valence-corrected chi connectivity index (χ1v) is 8.35. The van der Waals surface area contributed by atoms with Crippen molar-refractivity contribution in [3.63, 3.8) is 0 Å². The fourth-order valence-electron chi connectivity index (χ4n) is 2.54. The van der Waals surface area contributed by atoms with Crippen LogP contribution in [0.15, 0.2) is 53.5 Å². The predicted octanol–water partition coefficient (Wildman–Crippen LogP) is 4.95. The summed E-state index contributed by atoms with van der Waals surface area (Å²) in [6.45, 7) is 5.70. The Kier molecular flexibility index (Phi) is 3.80. The molecular weight excluding hydrogens is 389 g/mol. The third kappa shape index (κ3) is 2.80. The first-order valence-electron chi connectivity index (χ1n) is 7.56. The average Bonchev–Trinajstić information content (AvgIpc) is 2.59. The molecule has 2 heterocycles. The zero-order valence-corrected chi connectivity index (χ0v) is 14.8. The topological polar surface area (TPSA) is 56.3 Å². The number of rotatable bonds is 2. The van der Waals surface area contributed by atoms with E-state index >= 15 is 0 Å². The van der Waals surface area contributed by atoms with Gasteiger partial charge >= 0.3 is 0 Å². The van der Waals surface area contributed by atoms with Crippen molar-refractivity contribution in [2.45, 2.75) is 13.0 Å². The van der Waals surface area contributed by atoms with E-state index in [1.165, 1.54) is 6.33 Å². The smallest absolute Gasteiger partial charge is 0.169 e. The molecule has 1 aromatic heterocycles. The summed E-state index contributed by atoms with van der Waals surface area (Å²) in [6.07, 6.45) is 1.18. The Hall–Kier alpha value is -2.67. The minimum atomic E-state index is -0.394. The molecule has 0 aliphatic carbocycles. The Balaban J connectivity index is 1.81. The predicted molar refractivity (Wildman–Crippen MR) is 96.8 cm³/mol. The minimum Gasteiger partial charge on any atom is -0.479 e. The van der Waals surface area contributed by atoms with Gasteiger partial charge in [0.1, 0.15) is 17.9 Å². The highest BCUT2D eigenvalue weighted by atomic mass is 79.9. The van der Waals surface area contributed by atoms with Crippen molar-refractivity contribution < 1.29 is 13.9 Å². The van der Waals surface area contributed by atoms with Gasteiger partial charge in [0, 0.05) is 11.5 Å². The van der Waals surface area contributed by atoms with E-state index < -0.39 is 5.82 Å². The highest BCUT2D eigenvalue weighted by molar-refractivity contribution is 9.10. The number of ether oxygens (including phenoxy) is 2. The van der Waals surface area contributed by atoms with E-state index in [9.17, 15) is 4.39 Å². The van der Waals surface area contributed by atoms with Crippen molar-refractivity contribution in [1.29, 1.82) is 0 Å². The normalized spacial score (nSPS) is 16.1.